The van der Waals surface area contributed by atoms with Gasteiger partial charge in [0.15, 0.2) is 0 Å². The fourth-order valence-electron chi connectivity index (χ4n) is 1.38. The van der Waals surface area contributed by atoms with E-state index in [1.807, 2.05) is 0 Å². The van der Waals surface area contributed by atoms with Gasteiger partial charge in [0.05, 0.1) is 11.8 Å². The van der Waals surface area contributed by atoms with E-state index in [2.05, 4.69) is 0 Å². The molecule has 0 bridgehead atoms. The molecule has 98 valence electrons. The summed E-state index contributed by atoms with van der Waals surface area (Å²) in [5.74, 6) is 0. The Hall–Kier alpha value is -0.0231. The molecule has 0 aliphatic rings. The highest BCUT2D eigenvalue weighted by molar-refractivity contribution is 6.15. The second-order valence-corrected chi connectivity index (χ2v) is 6.92. The fourth-order valence-corrected chi connectivity index (χ4v) is 1.89. The summed E-state index contributed by atoms with van der Waals surface area (Å²) in [5, 5.41) is 55.9. The summed E-state index contributed by atoms with van der Waals surface area (Å²) >= 11 is 0. The zero-order valence-corrected chi connectivity index (χ0v) is 12.0. The Bertz CT molecular complexity index is 235. The van der Waals surface area contributed by atoms with Crippen LogP contribution in [0.15, 0.2) is 0 Å². The first-order valence-electron chi connectivity index (χ1n) is 5.03. The Morgan fingerprint density at radius 1 is 1.06 bits per heavy atom. The molecule has 0 aromatic rings. The molecule has 0 aromatic carbocycles. The van der Waals surface area contributed by atoms with Gasteiger partial charge in [0.2, 0.25) is 0 Å². The van der Waals surface area contributed by atoms with Gasteiger partial charge in [-0.05, 0) is 20.8 Å². The van der Waals surface area contributed by atoms with Crippen molar-refractivity contribution in [3.8, 4) is 0 Å². The molecule has 0 spiro atoms. The molecule has 5 atom stereocenters. The highest BCUT2D eigenvalue weighted by Gasteiger charge is 2.56. The summed E-state index contributed by atoms with van der Waals surface area (Å²) < 4.78 is 0. The molecular formula is C9H22O6Si. The average Bonchev–Trinajstić information content (AvgIpc) is 2.13. The molecule has 0 saturated carbocycles. The zero-order chi connectivity index (χ0) is 13.4. The number of aliphatic hydroxyl groups is 6. The quantitative estimate of drug-likeness (QED) is 0.281. The smallest absolute Gasteiger partial charge is 0.121 e. The minimum atomic E-state index is -2.15. The summed E-state index contributed by atoms with van der Waals surface area (Å²) in [6.45, 7) is 2.85. The Morgan fingerprint density at radius 2 is 1.44 bits per heavy atom. The zero-order valence-electron chi connectivity index (χ0n) is 10.0. The standard InChI is InChI=1S/C9H22O6Si/c1-7(13,6(12)5(11)4-10)8(2,14)9(3,15)16/h5-6,10-15H,4H2,1-3,16H3/t5-,6-,7+,8-,9?/m1/s1. The summed E-state index contributed by atoms with van der Waals surface area (Å²) in [6, 6.07) is 0. The summed E-state index contributed by atoms with van der Waals surface area (Å²) in [4.78, 5) is 0. The van der Waals surface area contributed by atoms with Crippen molar-refractivity contribution >= 4 is 10.2 Å². The van der Waals surface area contributed by atoms with Gasteiger partial charge in [0.25, 0.3) is 0 Å². The van der Waals surface area contributed by atoms with Gasteiger partial charge in [-0.15, -0.1) is 0 Å². The molecule has 1 unspecified atom stereocenters. The van der Waals surface area contributed by atoms with Crippen LogP contribution in [0.4, 0.5) is 0 Å². The van der Waals surface area contributed by atoms with Crippen molar-refractivity contribution in [3.63, 3.8) is 0 Å². The first kappa shape index (κ1) is 16.0. The van der Waals surface area contributed by atoms with E-state index in [9.17, 15) is 25.5 Å². The maximum atomic E-state index is 10.1. The van der Waals surface area contributed by atoms with Crippen LogP contribution >= 0.6 is 0 Å². The van der Waals surface area contributed by atoms with Crippen LogP contribution in [0.1, 0.15) is 20.8 Å². The highest BCUT2D eigenvalue weighted by atomic mass is 28.1. The van der Waals surface area contributed by atoms with Crippen LogP contribution in [0.25, 0.3) is 0 Å². The number of rotatable bonds is 5. The second-order valence-electron chi connectivity index (χ2n) is 4.97. The molecule has 0 fully saturated rings. The van der Waals surface area contributed by atoms with Gasteiger partial charge >= 0.3 is 0 Å². The maximum absolute atomic E-state index is 10.1. The molecule has 0 aromatic heterocycles. The Labute approximate surface area is 97.6 Å². The summed E-state index contributed by atoms with van der Waals surface area (Å²) in [7, 11) is 0.151. The highest BCUT2D eigenvalue weighted by Crippen LogP contribution is 2.34. The lowest BCUT2D eigenvalue weighted by molar-refractivity contribution is -0.248. The minimum Gasteiger partial charge on any atom is -0.394 e. The Balaban J connectivity index is 5.19. The molecule has 0 amide bonds. The van der Waals surface area contributed by atoms with Gasteiger partial charge < -0.3 is 30.6 Å². The van der Waals surface area contributed by atoms with Crippen LogP contribution in [0.5, 0.6) is 0 Å². The monoisotopic (exact) mass is 254 g/mol. The molecule has 7 heteroatoms. The van der Waals surface area contributed by atoms with Crippen LogP contribution in [0, 0.1) is 0 Å². The van der Waals surface area contributed by atoms with Crippen LogP contribution in [-0.4, -0.2) is 76.1 Å². The number of hydrogen-bond donors (Lipinski definition) is 6. The Morgan fingerprint density at radius 3 is 1.69 bits per heavy atom. The van der Waals surface area contributed by atoms with E-state index in [0.717, 1.165) is 6.92 Å². The number of aliphatic hydroxyl groups excluding tert-OH is 3. The van der Waals surface area contributed by atoms with E-state index >= 15 is 0 Å². The van der Waals surface area contributed by atoms with E-state index in [0.29, 0.717) is 0 Å². The van der Waals surface area contributed by atoms with E-state index < -0.39 is 35.2 Å². The molecule has 0 saturated heterocycles. The lowest BCUT2D eigenvalue weighted by Crippen LogP contribution is -2.70. The van der Waals surface area contributed by atoms with Crippen molar-refractivity contribution in [3.05, 3.63) is 0 Å². The van der Waals surface area contributed by atoms with Crippen molar-refractivity contribution in [2.45, 2.75) is 49.4 Å². The van der Waals surface area contributed by atoms with Gasteiger partial charge in [0.1, 0.15) is 23.4 Å². The van der Waals surface area contributed by atoms with Gasteiger partial charge in [-0.3, -0.25) is 0 Å². The molecule has 0 rings (SSSR count). The lowest BCUT2D eigenvalue weighted by atomic mass is 9.76. The van der Waals surface area contributed by atoms with Crippen LogP contribution in [0.2, 0.25) is 0 Å². The predicted molar refractivity (Wildman–Crippen MR) is 60.9 cm³/mol. The van der Waals surface area contributed by atoms with Crippen molar-refractivity contribution < 1.29 is 30.6 Å². The van der Waals surface area contributed by atoms with Crippen molar-refractivity contribution in [1.29, 1.82) is 0 Å². The third-order valence-electron chi connectivity index (χ3n) is 3.30. The van der Waals surface area contributed by atoms with Gasteiger partial charge in [-0.1, -0.05) is 0 Å². The first-order valence-corrected chi connectivity index (χ1v) is 6.03. The van der Waals surface area contributed by atoms with Gasteiger partial charge in [-0.2, -0.15) is 0 Å². The summed E-state index contributed by atoms with van der Waals surface area (Å²) in [6.07, 6.45) is -3.36. The average molecular weight is 254 g/mol. The molecular weight excluding hydrogens is 232 g/mol. The van der Waals surface area contributed by atoms with E-state index in [-0.39, 0.29) is 10.2 Å². The molecule has 0 heterocycles. The van der Waals surface area contributed by atoms with Crippen molar-refractivity contribution in [2.24, 2.45) is 0 Å². The van der Waals surface area contributed by atoms with Crippen molar-refractivity contribution in [1.82, 2.24) is 0 Å². The summed E-state index contributed by atoms with van der Waals surface area (Å²) in [5.41, 5.74) is -4.16. The molecule has 6 N–H and O–H groups in total. The normalized spacial score (nSPS) is 27.6. The largest absolute Gasteiger partial charge is 0.394 e. The van der Waals surface area contributed by atoms with Gasteiger partial charge in [-0.25, -0.2) is 0 Å². The third-order valence-corrected chi connectivity index (χ3v) is 4.28. The number of hydrogen-bond acceptors (Lipinski definition) is 6. The molecule has 0 radical (unpaired) electrons. The third kappa shape index (κ3) is 2.62. The SMILES string of the molecule is CC(O)([SiH3])[C@](C)(O)[C@@](C)(O)[C@H](O)[C@H](O)CO. The van der Waals surface area contributed by atoms with E-state index in [1.165, 1.54) is 13.8 Å². The van der Waals surface area contributed by atoms with Gasteiger partial charge in [0, 0.05) is 10.2 Å². The maximum Gasteiger partial charge on any atom is 0.121 e. The molecule has 0 aliphatic heterocycles. The molecule has 6 nitrogen and oxygen atoms in total. The predicted octanol–water partition coefficient (Wildman–Crippen LogP) is -3.72. The van der Waals surface area contributed by atoms with Crippen LogP contribution in [0.3, 0.4) is 0 Å². The Kier molecular flexibility index (Phi) is 4.68. The second kappa shape index (κ2) is 4.69. The molecule has 0 aliphatic carbocycles. The van der Waals surface area contributed by atoms with E-state index in [1.54, 1.807) is 0 Å². The van der Waals surface area contributed by atoms with E-state index in [4.69, 9.17) is 5.11 Å². The fraction of sp³-hybridized carbons (Fsp3) is 1.00. The lowest BCUT2D eigenvalue weighted by Gasteiger charge is -2.49. The first-order chi connectivity index (χ1) is 6.89. The molecule has 16 heavy (non-hydrogen) atoms. The topological polar surface area (TPSA) is 121 Å². The van der Waals surface area contributed by atoms with Crippen LogP contribution < -0.4 is 0 Å². The minimum absolute atomic E-state index is 0.151. The van der Waals surface area contributed by atoms with Crippen LogP contribution in [-0.2, 0) is 0 Å². The van der Waals surface area contributed by atoms with Crippen molar-refractivity contribution in [2.75, 3.05) is 6.61 Å².